The molecular formula is C21H25NO3. The summed E-state index contributed by atoms with van der Waals surface area (Å²) in [4.78, 5) is 14.2. The van der Waals surface area contributed by atoms with Gasteiger partial charge in [0.1, 0.15) is 6.10 Å². The van der Waals surface area contributed by atoms with Crippen molar-refractivity contribution < 1.29 is 14.6 Å². The highest BCUT2D eigenvalue weighted by molar-refractivity contribution is 5.73. The number of carbonyl (C=O) groups is 1. The molecule has 0 bridgehead atoms. The van der Waals surface area contributed by atoms with Gasteiger partial charge in [-0.25, -0.2) is 0 Å². The molecule has 0 aliphatic carbocycles. The van der Waals surface area contributed by atoms with Crippen LogP contribution in [0.3, 0.4) is 0 Å². The minimum atomic E-state index is -0.697. The molecule has 1 fully saturated rings. The van der Waals surface area contributed by atoms with Crippen molar-refractivity contribution >= 4 is 5.97 Å². The Bertz CT molecular complexity index is 687. The number of esters is 1. The fourth-order valence-electron chi connectivity index (χ4n) is 3.55. The molecule has 0 aromatic heterocycles. The first-order valence-electron chi connectivity index (χ1n) is 8.78. The fourth-order valence-corrected chi connectivity index (χ4v) is 3.55. The maximum atomic E-state index is 11.9. The first-order chi connectivity index (χ1) is 12.1. The van der Waals surface area contributed by atoms with E-state index in [1.165, 1.54) is 11.1 Å². The number of ether oxygens (including phenoxy) is 1. The molecular weight excluding hydrogens is 314 g/mol. The first kappa shape index (κ1) is 17.6. The van der Waals surface area contributed by atoms with Crippen LogP contribution in [0.1, 0.15) is 37.4 Å². The number of rotatable bonds is 6. The van der Waals surface area contributed by atoms with Crippen LogP contribution in [0.2, 0.25) is 0 Å². The van der Waals surface area contributed by atoms with Gasteiger partial charge >= 0.3 is 5.97 Å². The van der Waals surface area contributed by atoms with Crippen molar-refractivity contribution in [3.63, 3.8) is 0 Å². The van der Waals surface area contributed by atoms with Gasteiger partial charge in [0.25, 0.3) is 0 Å². The van der Waals surface area contributed by atoms with E-state index in [0.29, 0.717) is 13.0 Å². The molecule has 4 nitrogen and oxygen atoms in total. The van der Waals surface area contributed by atoms with E-state index >= 15 is 0 Å². The number of nitrogens with zero attached hydrogens (tertiary/aromatic N) is 1. The lowest BCUT2D eigenvalue weighted by Crippen LogP contribution is -2.46. The Morgan fingerprint density at radius 1 is 1.08 bits per heavy atom. The van der Waals surface area contributed by atoms with E-state index in [1.54, 1.807) is 6.92 Å². The lowest BCUT2D eigenvalue weighted by atomic mass is 9.98. The Balaban J connectivity index is 1.92. The van der Waals surface area contributed by atoms with Gasteiger partial charge < -0.3 is 9.84 Å². The third-order valence-corrected chi connectivity index (χ3v) is 4.91. The van der Waals surface area contributed by atoms with Gasteiger partial charge in [-0.05, 0) is 25.0 Å². The van der Waals surface area contributed by atoms with E-state index < -0.39 is 12.2 Å². The van der Waals surface area contributed by atoms with Gasteiger partial charge in [-0.1, -0.05) is 60.7 Å². The molecule has 1 aliphatic heterocycles. The number of hydrogen-bond acceptors (Lipinski definition) is 4. The average molecular weight is 339 g/mol. The lowest BCUT2D eigenvalue weighted by molar-refractivity contribution is -0.145. The van der Waals surface area contributed by atoms with Crippen LogP contribution >= 0.6 is 0 Å². The molecule has 4 atom stereocenters. The van der Waals surface area contributed by atoms with Gasteiger partial charge in [-0.2, -0.15) is 0 Å². The second-order valence-electron chi connectivity index (χ2n) is 6.71. The van der Waals surface area contributed by atoms with E-state index in [9.17, 15) is 9.90 Å². The van der Waals surface area contributed by atoms with Crippen LogP contribution in [-0.4, -0.2) is 34.2 Å². The summed E-state index contributed by atoms with van der Waals surface area (Å²) in [6.45, 7) is 4.52. The Morgan fingerprint density at radius 3 is 2.28 bits per heavy atom. The standard InChI is InChI=1S/C21H25NO3/c1-15(18-11-7-4-8-12-18)22(14-17-9-5-3-6-10-17)19-13-20(24)25-21(19)16(2)23/h3-12,15-16,19,21,23H,13-14H2,1-2H3/t15-,16+,19+,21+/m1/s1. The van der Waals surface area contributed by atoms with E-state index in [-0.39, 0.29) is 18.1 Å². The number of cyclic esters (lactones) is 1. The molecule has 132 valence electrons. The third-order valence-electron chi connectivity index (χ3n) is 4.91. The molecule has 0 amide bonds. The molecule has 2 aromatic rings. The molecule has 1 aliphatic rings. The average Bonchev–Trinajstić information content (AvgIpc) is 3.02. The maximum absolute atomic E-state index is 11.9. The number of hydrogen-bond donors (Lipinski definition) is 1. The van der Waals surface area contributed by atoms with E-state index in [1.807, 2.05) is 36.4 Å². The molecule has 4 heteroatoms. The molecule has 0 saturated carbocycles. The third kappa shape index (κ3) is 4.09. The number of aliphatic hydroxyl groups excluding tert-OH is 1. The topological polar surface area (TPSA) is 49.8 Å². The number of benzene rings is 2. The Hall–Kier alpha value is -2.17. The van der Waals surface area contributed by atoms with Crippen molar-refractivity contribution in [1.82, 2.24) is 4.90 Å². The van der Waals surface area contributed by atoms with Crippen LogP contribution in [0.15, 0.2) is 60.7 Å². The molecule has 0 unspecified atom stereocenters. The van der Waals surface area contributed by atoms with Gasteiger partial charge in [0.05, 0.1) is 18.6 Å². The van der Waals surface area contributed by atoms with Crippen LogP contribution < -0.4 is 0 Å². The highest BCUT2D eigenvalue weighted by atomic mass is 16.6. The summed E-state index contributed by atoms with van der Waals surface area (Å²) in [5.74, 6) is -0.241. The minimum absolute atomic E-state index is 0.0992. The van der Waals surface area contributed by atoms with E-state index in [2.05, 4.69) is 36.1 Å². The van der Waals surface area contributed by atoms with Gasteiger partial charge in [0.15, 0.2) is 0 Å². The smallest absolute Gasteiger partial charge is 0.307 e. The summed E-state index contributed by atoms with van der Waals surface area (Å²) < 4.78 is 5.41. The largest absolute Gasteiger partial charge is 0.458 e. The van der Waals surface area contributed by atoms with Crippen molar-refractivity contribution in [2.24, 2.45) is 0 Å². The van der Waals surface area contributed by atoms with Crippen LogP contribution in [0, 0.1) is 0 Å². The predicted molar refractivity (Wildman–Crippen MR) is 96.8 cm³/mol. The Morgan fingerprint density at radius 2 is 1.68 bits per heavy atom. The summed E-state index contributed by atoms with van der Waals surface area (Å²) >= 11 is 0. The van der Waals surface area contributed by atoms with Crippen molar-refractivity contribution in [2.75, 3.05) is 0 Å². The summed E-state index contributed by atoms with van der Waals surface area (Å²) in [5, 5.41) is 10.1. The minimum Gasteiger partial charge on any atom is -0.458 e. The number of carbonyl (C=O) groups excluding carboxylic acids is 1. The SMILES string of the molecule is C[C@H](O)[C@@H]1OC(=O)C[C@@H]1N(Cc1ccccc1)[C@H](C)c1ccccc1. The normalized spacial score (nSPS) is 22.6. The summed E-state index contributed by atoms with van der Waals surface area (Å²) in [7, 11) is 0. The van der Waals surface area contributed by atoms with Crippen LogP contribution in [0.25, 0.3) is 0 Å². The fraction of sp³-hybridized carbons (Fsp3) is 0.381. The highest BCUT2D eigenvalue weighted by Gasteiger charge is 2.42. The van der Waals surface area contributed by atoms with Crippen LogP contribution in [0.5, 0.6) is 0 Å². The van der Waals surface area contributed by atoms with E-state index in [0.717, 1.165) is 0 Å². The molecule has 2 aromatic carbocycles. The zero-order valence-corrected chi connectivity index (χ0v) is 14.7. The summed E-state index contributed by atoms with van der Waals surface area (Å²) in [6.07, 6.45) is -0.889. The predicted octanol–water partition coefficient (Wildman–Crippen LogP) is 3.31. The van der Waals surface area contributed by atoms with Gasteiger partial charge in [0.2, 0.25) is 0 Å². The zero-order valence-electron chi connectivity index (χ0n) is 14.7. The molecule has 0 radical (unpaired) electrons. The summed E-state index contributed by atoms with van der Waals surface area (Å²) in [6, 6.07) is 20.4. The van der Waals surface area contributed by atoms with Crippen molar-refractivity contribution in [2.45, 2.75) is 51.1 Å². The monoisotopic (exact) mass is 339 g/mol. The van der Waals surface area contributed by atoms with Crippen molar-refractivity contribution in [3.8, 4) is 0 Å². The molecule has 0 spiro atoms. The van der Waals surface area contributed by atoms with Gasteiger partial charge in [-0.3, -0.25) is 9.69 Å². The Kier molecular flexibility index (Phi) is 5.51. The maximum Gasteiger partial charge on any atom is 0.307 e. The van der Waals surface area contributed by atoms with Crippen LogP contribution in [-0.2, 0) is 16.1 Å². The van der Waals surface area contributed by atoms with Crippen LogP contribution in [0.4, 0.5) is 0 Å². The molecule has 1 saturated heterocycles. The molecule has 3 rings (SSSR count). The number of aliphatic hydroxyl groups is 1. The Labute approximate surface area is 149 Å². The second-order valence-corrected chi connectivity index (χ2v) is 6.71. The van der Waals surface area contributed by atoms with Crippen molar-refractivity contribution in [3.05, 3.63) is 71.8 Å². The zero-order chi connectivity index (χ0) is 17.8. The van der Waals surface area contributed by atoms with Crippen molar-refractivity contribution in [1.29, 1.82) is 0 Å². The summed E-state index contributed by atoms with van der Waals surface area (Å²) in [5.41, 5.74) is 2.36. The second kappa shape index (κ2) is 7.81. The van der Waals surface area contributed by atoms with Gasteiger partial charge in [-0.15, -0.1) is 0 Å². The first-order valence-corrected chi connectivity index (χ1v) is 8.78. The molecule has 25 heavy (non-hydrogen) atoms. The van der Waals surface area contributed by atoms with Gasteiger partial charge in [0, 0.05) is 12.6 Å². The lowest BCUT2D eigenvalue weighted by Gasteiger charge is -2.37. The van der Waals surface area contributed by atoms with E-state index in [4.69, 9.17) is 4.74 Å². The highest BCUT2D eigenvalue weighted by Crippen LogP contribution is 2.32. The molecule has 1 heterocycles. The quantitative estimate of drug-likeness (QED) is 0.820. The molecule has 1 N–H and O–H groups in total.